The number of anilines is 4. The monoisotopic (exact) mass is 515 g/mol. The minimum atomic E-state index is -3.62. The molecule has 0 amide bonds. The van der Waals surface area contributed by atoms with Crippen LogP contribution in [-0.4, -0.2) is 54.7 Å². The molecule has 0 atom stereocenters. The molecule has 0 saturated carbocycles. The highest BCUT2D eigenvalue weighted by molar-refractivity contribution is 7.92. The van der Waals surface area contributed by atoms with E-state index in [2.05, 4.69) is 20.0 Å². The summed E-state index contributed by atoms with van der Waals surface area (Å²) in [6.45, 7) is 0.358. The van der Waals surface area contributed by atoms with Crippen molar-refractivity contribution in [1.82, 2.24) is 19.9 Å². The average Bonchev–Trinajstić information content (AvgIpc) is 2.81. The summed E-state index contributed by atoms with van der Waals surface area (Å²) >= 11 is 5.90. The van der Waals surface area contributed by atoms with Gasteiger partial charge in [-0.3, -0.25) is 9.71 Å². The molecule has 12 heteroatoms. The number of hydrogen-bond acceptors (Lipinski definition) is 8. The van der Waals surface area contributed by atoms with Gasteiger partial charge in [0.15, 0.2) is 0 Å². The lowest BCUT2D eigenvalue weighted by Gasteiger charge is -2.14. The zero-order chi connectivity index (χ0) is 25.2. The van der Waals surface area contributed by atoms with Gasteiger partial charge < -0.3 is 16.0 Å². The van der Waals surface area contributed by atoms with Crippen molar-refractivity contribution >= 4 is 55.5 Å². The molecule has 1 aromatic carbocycles. The summed E-state index contributed by atoms with van der Waals surface area (Å²) in [5, 5.41) is 3.18. The van der Waals surface area contributed by atoms with E-state index in [0.717, 1.165) is 0 Å². The Morgan fingerprint density at radius 3 is 2.63 bits per heavy atom. The molecule has 4 rings (SSSR count). The van der Waals surface area contributed by atoms with Gasteiger partial charge in [-0.2, -0.15) is 0 Å². The number of rotatable bonds is 8. The van der Waals surface area contributed by atoms with E-state index in [4.69, 9.17) is 22.3 Å². The number of benzene rings is 1. The maximum Gasteiger partial charge on any atom is 0.234 e. The summed E-state index contributed by atoms with van der Waals surface area (Å²) in [5.41, 5.74) is 9.59. The van der Waals surface area contributed by atoms with E-state index in [1.165, 1.54) is 18.3 Å². The molecule has 0 spiro atoms. The highest BCUT2D eigenvalue weighted by Crippen LogP contribution is 2.30. The SMILES string of the molecule is CN(C)CCS(=O)(=O)Nc1cc(-c2ccc3nccc(Nc4ccc(F)c(Cl)c4)c3n2)cnc1N. The lowest BCUT2D eigenvalue weighted by Crippen LogP contribution is -2.26. The number of hydrogen-bond donors (Lipinski definition) is 3. The van der Waals surface area contributed by atoms with Crippen molar-refractivity contribution in [2.45, 2.75) is 0 Å². The van der Waals surface area contributed by atoms with Crippen LogP contribution < -0.4 is 15.8 Å². The quantitative estimate of drug-likeness (QED) is 0.320. The second kappa shape index (κ2) is 9.98. The van der Waals surface area contributed by atoms with E-state index in [-0.39, 0.29) is 22.3 Å². The number of nitrogens with one attached hydrogen (secondary N) is 2. The molecule has 0 aliphatic rings. The summed E-state index contributed by atoms with van der Waals surface area (Å²) in [6, 6.07) is 11.2. The molecule has 35 heavy (non-hydrogen) atoms. The Bertz CT molecular complexity index is 1500. The van der Waals surface area contributed by atoms with Crippen LogP contribution in [0.1, 0.15) is 0 Å². The van der Waals surface area contributed by atoms with Crippen LogP contribution in [0.3, 0.4) is 0 Å². The van der Waals surface area contributed by atoms with Crippen molar-refractivity contribution in [2.24, 2.45) is 0 Å². The molecule has 9 nitrogen and oxygen atoms in total. The molecular weight excluding hydrogens is 493 g/mol. The number of halogens is 2. The molecule has 0 aliphatic carbocycles. The van der Waals surface area contributed by atoms with Gasteiger partial charge in [-0.15, -0.1) is 0 Å². The summed E-state index contributed by atoms with van der Waals surface area (Å²) in [7, 11) is -0.0398. The Morgan fingerprint density at radius 2 is 1.89 bits per heavy atom. The van der Waals surface area contributed by atoms with Crippen LogP contribution in [-0.2, 0) is 10.0 Å². The van der Waals surface area contributed by atoms with Gasteiger partial charge in [-0.25, -0.2) is 22.8 Å². The zero-order valence-electron chi connectivity index (χ0n) is 19.0. The average molecular weight is 516 g/mol. The first-order chi connectivity index (χ1) is 16.6. The maximum absolute atomic E-state index is 13.5. The second-order valence-corrected chi connectivity index (χ2v) is 10.3. The standard InChI is InChI=1S/C23H23ClFN7O2S/c1-32(2)9-10-35(33,34)31-21-11-14(13-28-23(21)26)18-5-6-19-22(30-18)20(7-8-27-19)29-15-3-4-17(25)16(24)12-15/h3-8,11-13,31H,9-10H2,1-2H3,(H2,26,28)(H,27,29). The topological polar surface area (TPSA) is 126 Å². The van der Waals surface area contributed by atoms with E-state index >= 15 is 0 Å². The molecule has 0 bridgehead atoms. The fourth-order valence-electron chi connectivity index (χ4n) is 3.23. The van der Waals surface area contributed by atoms with Crippen molar-refractivity contribution in [3.05, 3.63) is 65.7 Å². The van der Waals surface area contributed by atoms with Gasteiger partial charge in [0.2, 0.25) is 10.0 Å². The Morgan fingerprint density at radius 1 is 1.09 bits per heavy atom. The maximum atomic E-state index is 13.5. The van der Waals surface area contributed by atoms with Crippen LogP contribution in [0.5, 0.6) is 0 Å². The highest BCUT2D eigenvalue weighted by atomic mass is 35.5. The van der Waals surface area contributed by atoms with Gasteiger partial charge in [0.25, 0.3) is 0 Å². The van der Waals surface area contributed by atoms with Crippen molar-refractivity contribution in [2.75, 3.05) is 42.2 Å². The number of nitrogen functional groups attached to an aromatic ring is 1. The third-order valence-corrected chi connectivity index (χ3v) is 6.61. The van der Waals surface area contributed by atoms with Gasteiger partial charge >= 0.3 is 0 Å². The number of nitrogens with two attached hydrogens (primary N) is 1. The van der Waals surface area contributed by atoms with E-state index in [1.807, 2.05) is 0 Å². The van der Waals surface area contributed by atoms with E-state index in [0.29, 0.717) is 40.2 Å². The smallest absolute Gasteiger partial charge is 0.234 e. The molecule has 0 saturated heterocycles. The Kier molecular flexibility index (Phi) is 7.01. The number of aromatic nitrogens is 3. The van der Waals surface area contributed by atoms with Gasteiger partial charge in [0.1, 0.15) is 17.2 Å². The minimum absolute atomic E-state index is 0.00415. The molecule has 3 aromatic heterocycles. The molecule has 0 fully saturated rings. The highest BCUT2D eigenvalue weighted by Gasteiger charge is 2.15. The first-order valence-corrected chi connectivity index (χ1v) is 12.5. The molecule has 3 heterocycles. The van der Waals surface area contributed by atoms with Crippen LogP contribution in [0.2, 0.25) is 5.02 Å². The van der Waals surface area contributed by atoms with Crippen LogP contribution >= 0.6 is 11.6 Å². The predicted octanol–water partition coefficient (Wildman–Crippen LogP) is 4.11. The van der Waals surface area contributed by atoms with E-state index in [1.54, 1.807) is 55.5 Å². The summed E-state index contributed by atoms with van der Waals surface area (Å²) in [4.78, 5) is 15.0. The van der Waals surface area contributed by atoms with Crippen LogP contribution in [0.4, 0.5) is 27.3 Å². The largest absolute Gasteiger partial charge is 0.382 e. The zero-order valence-corrected chi connectivity index (χ0v) is 20.5. The first kappa shape index (κ1) is 24.6. The molecule has 182 valence electrons. The molecule has 0 aliphatic heterocycles. The Hall–Kier alpha value is -3.54. The van der Waals surface area contributed by atoms with Gasteiger partial charge in [-0.1, -0.05) is 11.6 Å². The molecule has 0 unspecified atom stereocenters. The summed E-state index contributed by atoms with van der Waals surface area (Å²) in [6.07, 6.45) is 3.15. The Labute approximate surface area is 207 Å². The fourth-order valence-corrected chi connectivity index (χ4v) is 4.62. The molecule has 4 aromatic rings. The molecule has 4 N–H and O–H groups in total. The predicted molar refractivity (Wildman–Crippen MR) is 138 cm³/mol. The number of fused-ring (bicyclic) bond motifs is 1. The Balaban J connectivity index is 1.68. The van der Waals surface area contributed by atoms with Crippen molar-refractivity contribution < 1.29 is 12.8 Å². The summed E-state index contributed by atoms with van der Waals surface area (Å²) < 4.78 is 40.9. The van der Waals surface area contributed by atoms with Crippen LogP contribution in [0, 0.1) is 5.82 Å². The lowest BCUT2D eigenvalue weighted by molar-refractivity contribution is 0.432. The minimum Gasteiger partial charge on any atom is -0.382 e. The second-order valence-electron chi connectivity index (χ2n) is 8.06. The van der Waals surface area contributed by atoms with E-state index < -0.39 is 15.8 Å². The fraction of sp³-hybridized carbons (Fsp3) is 0.174. The third-order valence-electron chi connectivity index (χ3n) is 5.07. The van der Waals surface area contributed by atoms with Crippen molar-refractivity contribution in [1.29, 1.82) is 0 Å². The third kappa shape index (κ3) is 5.94. The van der Waals surface area contributed by atoms with E-state index in [9.17, 15) is 12.8 Å². The lowest BCUT2D eigenvalue weighted by atomic mass is 10.1. The van der Waals surface area contributed by atoms with Crippen LogP contribution in [0.25, 0.3) is 22.3 Å². The van der Waals surface area contributed by atoms with Crippen LogP contribution in [0.15, 0.2) is 54.9 Å². The normalized spacial score (nSPS) is 11.7. The van der Waals surface area contributed by atoms with Crippen molar-refractivity contribution in [3.8, 4) is 11.3 Å². The van der Waals surface area contributed by atoms with Gasteiger partial charge in [0.05, 0.1) is 33.4 Å². The van der Waals surface area contributed by atoms with Gasteiger partial charge in [-0.05, 0) is 56.6 Å². The van der Waals surface area contributed by atoms with Gasteiger partial charge in [0, 0.05) is 30.2 Å². The first-order valence-electron chi connectivity index (χ1n) is 10.5. The molecular formula is C23H23ClFN7O2S. The molecule has 0 radical (unpaired) electrons. The number of sulfonamides is 1. The number of nitrogens with zero attached hydrogens (tertiary/aromatic N) is 4. The van der Waals surface area contributed by atoms with Crippen molar-refractivity contribution in [3.63, 3.8) is 0 Å². The summed E-state index contributed by atoms with van der Waals surface area (Å²) in [5.74, 6) is -0.548. The number of pyridine rings is 3.